The third kappa shape index (κ3) is 2.94. The molecular formula is C14H15FN2S. The molecule has 1 aromatic heterocycles. The van der Waals surface area contributed by atoms with Crippen LogP contribution in [-0.4, -0.2) is 11.0 Å². The van der Waals surface area contributed by atoms with Crippen LogP contribution >= 0.6 is 11.3 Å². The second-order valence-electron chi connectivity index (χ2n) is 4.68. The van der Waals surface area contributed by atoms with E-state index >= 15 is 0 Å². The maximum atomic E-state index is 13.7. The van der Waals surface area contributed by atoms with Gasteiger partial charge in [-0.05, 0) is 24.5 Å². The summed E-state index contributed by atoms with van der Waals surface area (Å²) in [7, 11) is 0. The molecule has 0 amide bonds. The van der Waals surface area contributed by atoms with Gasteiger partial charge in [0.2, 0.25) is 0 Å². The summed E-state index contributed by atoms with van der Waals surface area (Å²) < 4.78 is 13.7. The van der Waals surface area contributed by atoms with Crippen molar-refractivity contribution < 1.29 is 4.39 Å². The van der Waals surface area contributed by atoms with E-state index in [-0.39, 0.29) is 5.82 Å². The molecule has 0 saturated heterocycles. The molecule has 0 unspecified atom stereocenters. The summed E-state index contributed by atoms with van der Waals surface area (Å²) >= 11 is 1.64. The van der Waals surface area contributed by atoms with E-state index in [1.165, 1.54) is 12.8 Å². The topological polar surface area (TPSA) is 24.9 Å². The average molecular weight is 262 g/mol. The molecule has 1 saturated carbocycles. The summed E-state index contributed by atoms with van der Waals surface area (Å²) in [5.41, 5.74) is 1.88. The van der Waals surface area contributed by atoms with E-state index < -0.39 is 0 Å². The van der Waals surface area contributed by atoms with Gasteiger partial charge in [0.15, 0.2) is 0 Å². The Kier molecular flexibility index (Phi) is 3.39. The Balaban J connectivity index is 1.72. The molecule has 2 nitrogen and oxygen atoms in total. The number of hydrogen-bond acceptors (Lipinski definition) is 3. The number of thiazole rings is 1. The van der Waals surface area contributed by atoms with Crippen molar-refractivity contribution in [2.45, 2.75) is 31.8 Å². The fourth-order valence-electron chi connectivity index (χ4n) is 1.93. The van der Waals surface area contributed by atoms with Gasteiger partial charge in [0, 0.05) is 36.1 Å². The molecule has 0 atom stereocenters. The molecular weight excluding hydrogens is 247 g/mol. The molecule has 1 N–H and O–H groups in total. The number of nitrogens with zero attached hydrogens (tertiary/aromatic N) is 1. The first-order valence-electron chi connectivity index (χ1n) is 6.20. The molecule has 0 radical (unpaired) electrons. The van der Waals surface area contributed by atoms with E-state index in [4.69, 9.17) is 0 Å². The highest BCUT2D eigenvalue weighted by Gasteiger charge is 2.20. The minimum absolute atomic E-state index is 0.119. The third-order valence-corrected chi connectivity index (χ3v) is 3.89. The number of hydrogen-bond donors (Lipinski definition) is 1. The highest BCUT2D eigenvalue weighted by atomic mass is 32.1. The first kappa shape index (κ1) is 11.8. The van der Waals surface area contributed by atoms with Crippen LogP contribution in [0.2, 0.25) is 0 Å². The Morgan fingerprint density at radius 2 is 2.28 bits per heavy atom. The van der Waals surface area contributed by atoms with Crippen LogP contribution in [0, 0.1) is 5.82 Å². The maximum absolute atomic E-state index is 13.7. The molecule has 0 bridgehead atoms. The Labute approximate surface area is 110 Å². The van der Waals surface area contributed by atoms with Gasteiger partial charge in [0.05, 0.1) is 5.01 Å². The van der Waals surface area contributed by atoms with Crippen LogP contribution in [0.15, 0.2) is 29.8 Å². The molecule has 1 fully saturated rings. The van der Waals surface area contributed by atoms with E-state index in [1.54, 1.807) is 23.6 Å². The number of nitrogens with one attached hydrogen (secondary N) is 1. The molecule has 1 heterocycles. The van der Waals surface area contributed by atoms with Crippen LogP contribution in [0.3, 0.4) is 0 Å². The second-order valence-corrected chi connectivity index (χ2v) is 5.66. The summed E-state index contributed by atoms with van der Waals surface area (Å²) in [5.74, 6) is -0.119. The smallest absolute Gasteiger partial charge is 0.127 e. The minimum Gasteiger partial charge on any atom is -0.310 e. The Bertz CT molecular complexity index is 521. The van der Waals surface area contributed by atoms with Gasteiger partial charge in [-0.3, -0.25) is 0 Å². The van der Waals surface area contributed by atoms with Gasteiger partial charge >= 0.3 is 0 Å². The molecule has 18 heavy (non-hydrogen) atoms. The zero-order valence-electron chi connectivity index (χ0n) is 10.0. The summed E-state index contributed by atoms with van der Waals surface area (Å²) in [6.07, 6.45) is 5.04. The van der Waals surface area contributed by atoms with Crippen LogP contribution in [-0.2, 0) is 13.0 Å². The summed E-state index contributed by atoms with van der Waals surface area (Å²) in [4.78, 5) is 4.26. The largest absolute Gasteiger partial charge is 0.310 e. The predicted molar refractivity (Wildman–Crippen MR) is 71.2 cm³/mol. The molecule has 4 heteroatoms. The normalized spacial score (nSPS) is 14.9. The van der Waals surface area contributed by atoms with Crippen molar-refractivity contribution in [3.8, 4) is 0 Å². The lowest BCUT2D eigenvalue weighted by molar-refractivity contribution is 0.586. The summed E-state index contributed by atoms with van der Waals surface area (Å²) in [6.45, 7) is 0.627. The first-order valence-corrected chi connectivity index (χ1v) is 7.08. The van der Waals surface area contributed by atoms with Crippen molar-refractivity contribution in [2.75, 3.05) is 0 Å². The molecule has 0 aliphatic heterocycles. The summed E-state index contributed by atoms with van der Waals surface area (Å²) in [6, 6.07) is 5.96. The number of benzene rings is 1. The fourth-order valence-corrected chi connectivity index (χ4v) is 2.58. The van der Waals surface area contributed by atoms with Crippen LogP contribution in [0.1, 0.15) is 29.0 Å². The Morgan fingerprint density at radius 3 is 3.00 bits per heavy atom. The average Bonchev–Trinajstić information content (AvgIpc) is 3.07. The lowest BCUT2D eigenvalue weighted by atomic mass is 10.1. The van der Waals surface area contributed by atoms with Crippen molar-refractivity contribution >= 4 is 11.3 Å². The van der Waals surface area contributed by atoms with Crippen LogP contribution in [0.5, 0.6) is 0 Å². The number of aromatic nitrogens is 1. The SMILES string of the molecule is Fc1ccc(Cc2nccs2)cc1CNC1CC1. The lowest BCUT2D eigenvalue weighted by Crippen LogP contribution is -2.16. The standard InChI is InChI=1S/C14H15FN2S/c15-13-4-1-10(8-14-16-5-6-18-14)7-11(13)9-17-12-2-3-12/h1,4-7,12,17H,2-3,8-9H2. The predicted octanol–water partition coefficient (Wildman–Crippen LogP) is 3.13. The van der Waals surface area contributed by atoms with Gasteiger partial charge < -0.3 is 5.32 Å². The van der Waals surface area contributed by atoms with Crippen LogP contribution in [0.4, 0.5) is 4.39 Å². The van der Waals surface area contributed by atoms with E-state index in [0.717, 1.165) is 22.6 Å². The quantitative estimate of drug-likeness (QED) is 0.895. The Morgan fingerprint density at radius 1 is 1.39 bits per heavy atom. The molecule has 2 aromatic rings. The molecule has 1 aliphatic carbocycles. The fraction of sp³-hybridized carbons (Fsp3) is 0.357. The van der Waals surface area contributed by atoms with Crippen LogP contribution < -0.4 is 5.32 Å². The molecule has 1 aromatic carbocycles. The number of halogens is 1. The van der Waals surface area contributed by atoms with E-state index in [1.807, 2.05) is 17.5 Å². The van der Waals surface area contributed by atoms with Crippen molar-refractivity contribution in [3.63, 3.8) is 0 Å². The van der Waals surface area contributed by atoms with Crippen molar-refractivity contribution in [2.24, 2.45) is 0 Å². The van der Waals surface area contributed by atoms with E-state index in [2.05, 4.69) is 10.3 Å². The van der Waals surface area contributed by atoms with Gasteiger partial charge in [-0.15, -0.1) is 11.3 Å². The van der Waals surface area contributed by atoms with Gasteiger partial charge in [-0.1, -0.05) is 12.1 Å². The van der Waals surface area contributed by atoms with Crippen molar-refractivity contribution in [3.05, 3.63) is 51.7 Å². The zero-order chi connectivity index (χ0) is 12.4. The maximum Gasteiger partial charge on any atom is 0.127 e. The molecule has 94 valence electrons. The van der Waals surface area contributed by atoms with Gasteiger partial charge in [0.1, 0.15) is 5.82 Å². The second kappa shape index (κ2) is 5.16. The van der Waals surface area contributed by atoms with Crippen molar-refractivity contribution in [1.82, 2.24) is 10.3 Å². The lowest BCUT2D eigenvalue weighted by Gasteiger charge is -2.07. The summed E-state index contributed by atoms with van der Waals surface area (Å²) in [5, 5.41) is 6.39. The monoisotopic (exact) mass is 262 g/mol. The first-order chi connectivity index (χ1) is 8.81. The molecule has 0 spiro atoms. The Hall–Kier alpha value is -1.26. The van der Waals surface area contributed by atoms with Gasteiger partial charge in [-0.2, -0.15) is 0 Å². The van der Waals surface area contributed by atoms with Gasteiger partial charge in [0.25, 0.3) is 0 Å². The molecule has 3 rings (SSSR count). The minimum atomic E-state index is -0.119. The molecule has 1 aliphatic rings. The zero-order valence-corrected chi connectivity index (χ0v) is 10.8. The highest BCUT2D eigenvalue weighted by molar-refractivity contribution is 7.09. The van der Waals surface area contributed by atoms with Crippen LogP contribution in [0.25, 0.3) is 0 Å². The van der Waals surface area contributed by atoms with Gasteiger partial charge in [-0.25, -0.2) is 9.37 Å². The van der Waals surface area contributed by atoms with Crippen molar-refractivity contribution in [1.29, 1.82) is 0 Å². The highest BCUT2D eigenvalue weighted by Crippen LogP contribution is 2.21. The van der Waals surface area contributed by atoms with E-state index in [9.17, 15) is 4.39 Å². The van der Waals surface area contributed by atoms with E-state index in [0.29, 0.717) is 12.6 Å². The number of rotatable bonds is 5. The third-order valence-electron chi connectivity index (χ3n) is 3.11.